The molecule has 2 fully saturated rings. The van der Waals surface area contributed by atoms with Crippen LogP contribution in [0.5, 0.6) is 0 Å². The molecule has 2 aliphatic rings. The van der Waals surface area contributed by atoms with E-state index in [1.165, 1.54) is 5.56 Å². The van der Waals surface area contributed by atoms with Crippen LogP contribution in [0.2, 0.25) is 0 Å². The van der Waals surface area contributed by atoms with Gasteiger partial charge in [-0.2, -0.15) is 0 Å². The summed E-state index contributed by atoms with van der Waals surface area (Å²) in [5.41, 5.74) is 0.728. The average Bonchev–Trinajstić information content (AvgIpc) is 3.15. The van der Waals surface area contributed by atoms with E-state index < -0.39 is 11.5 Å². The Kier molecular flexibility index (Phi) is 6.28. The third-order valence-corrected chi connectivity index (χ3v) is 6.30. The van der Waals surface area contributed by atoms with Crippen molar-refractivity contribution in [2.75, 3.05) is 13.1 Å². The normalized spacial score (nSPS) is 25.9. The van der Waals surface area contributed by atoms with Crippen molar-refractivity contribution in [1.82, 2.24) is 15.5 Å². The van der Waals surface area contributed by atoms with Crippen molar-refractivity contribution >= 4 is 12.0 Å². The first-order valence-electron chi connectivity index (χ1n) is 10.3. The minimum absolute atomic E-state index is 0.0266. The molecule has 0 unspecified atom stereocenters. The molecule has 2 amide bonds. The largest absolute Gasteiger partial charge is 0.465 e. The molecule has 1 aromatic carbocycles. The van der Waals surface area contributed by atoms with E-state index in [9.17, 15) is 9.59 Å². The number of likely N-dealkylation sites (tertiary alicyclic amines) is 1. The van der Waals surface area contributed by atoms with E-state index in [0.29, 0.717) is 18.3 Å². The highest BCUT2D eigenvalue weighted by Gasteiger charge is 2.44. The summed E-state index contributed by atoms with van der Waals surface area (Å²) >= 11 is 0. The SMILES string of the molecule is C[C@@H](CC(C)(C)C(=O)N[C@H]1CC[C@@H]2CN(Cc3ccccc3)C[C@@H]21)NC(=O)O. The molecule has 1 saturated heterocycles. The fourth-order valence-electron chi connectivity index (χ4n) is 4.99. The standard InChI is InChI=1S/C22H33N3O3/c1-15(23-21(27)28)11-22(2,3)20(26)24-19-10-9-17-13-25(14-18(17)19)12-16-7-5-4-6-8-16/h4-8,15,17-19,23H,9-14H2,1-3H3,(H,24,26)(H,27,28)/t15-,17+,18-,19-/m0/s1. The van der Waals surface area contributed by atoms with Crippen LogP contribution in [0.1, 0.15) is 45.6 Å². The Labute approximate surface area is 167 Å². The highest BCUT2D eigenvalue weighted by Crippen LogP contribution is 2.39. The molecule has 1 aliphatic carbocycles. The number of fused-ring (bicyclic) bond motifs is 1. The Morgan fingerprint density at radius 3 is 2.61 bits per heavy atom. The number of rotatable bonds is 7. The molecule has 4 atom stereocenters. The topological polar surface area (TPSA) is 81.7 Å². The molecule has 0 aromatic heterocycles. The van der Waals surface area contributed by atoms with E-state index in [1.54, 1.807) is 6.92 Å². The van der Waals surface area contributed by atoms with Crippen LogP contribution < -0.4 is 10.6 Å². The lowest BCUT2D eigenvalue weighted by molar-refractivity contribution is -0.131. The van der Waals surface area contributed by atoms with Crippen molar-refractivity contribution in [3.8, 4) is 0 Å². The smallest absolute Gasteiger partial charge is 0.404 e. The number of carbonyl (C=O) groups is 2. The van der Waals surface area contributed by atoms with Crippen molar-refractivity contribution in [2.45, 2.75) is 58.7 Å². The summed E-state index contributed by atoms with van der Waals surface area (Å²) in [7, 11) is 0. The number of carboxylic acid groups (broad SMARTS) is 1. The second-order valence-electron chi connectivity index (χ2n) is 9.20. The van der Waals surface area contributed by atoms with Gasteiger partial charge in [0.25, 0.3) is 0 Å². The minimum Gasteiger partial charge on any atom is -0.465 e. The number of amides is 2. The predicted molar refractivity (Wildman–Crippen MR) is 109 cm³/mol. The number of hydrogen-bond donors (Lipinski definition) is 3. The van der Waals surface area contributed by atoms with Gasteiger partial charge in [0.2, 0.25) is 5.91 Å². The van der Waals surface area contributed by atoms with Crippen molar-refractivity contribution in [2.24, 2.45) is 17.3 Å². The van der Waals surface area contributed by atoms with Crippen molar-refractivity contribution in [1.29, 1.82) is 0 Å². The first-order valence-corrected chi connectivity index (χ1v) is 10.3. The summed E-state index contributed by atoms with van der Waals surface area (Å²) in [6.45, 7) is 8.69. The lowest BCUT2D eigenvalue weighted by atomic mass is 9.84. The molecular weight excluding hydrogens is 354 g/mol. The molecule has 1 saturated carbocycles. The van der Waals surface area contributed by atoms with Gasteiger partial charge in [-0.1, -0.05) is 44.2 Å². The van der Waals surface area contributed by atoms with E-state index in [1.807, 2.05) is 19.9 Å². The number of hydrogen-bond acceptors (Lipinski definition) is 3. The second-order valence-corrected chi connectivity index (χ2v) is 9.20. The molecule has 3 N–H and O–H groups in total. The Bertz CT molecular complexity index is 692. The van der Waals surface area contributed by atoms with Gasteiger partial charge in [-0.15, -0.1) is 0 Å². The van der Waals surface area contributed by atoms with Crippen LogP contribution in [-0.2, 0) is 11.3 Å². The maximum absolute atomic E-state index is 12.9. The van der Waals surface area contributed by atoms with E-state index in [-0.39, 0.29) is 18.0 Å². The Morgan fingerprint density at radius 1 is 1.21 bits per heavy atom. The van der Waals surface area contributed by atoms with Crippen molar-refractivity contribution in [3.05, 3.63) is 35.9 Å². The van der Waals surface area contributed by atoms with Gasteiger partial charge < -0.3 is 15.7 Å². The van der Waals surface area contributed by atoms with Crippen LogP contribution in [-0.4, -0.2) is 47.2 Å². The Hall–Kier alpha value is -2.08. The average molecular weight is 388 g/mol. The highest BCUT2D eigenvalue weighted by molar-refractivity contribution is 5.82. The molecule has 6 nitrogen and oxygen atoms in total. The van der Waals surface area contributed by atoms with Gasteiger partial charge in [0.1, 0.15) is 0 Å². The molecule has 1 aliphatic heterocycles. The monoisotopic (exact) mass is 387 g/mol. The summed E-state index contributed by atoms with van der Waals surface area (Å²) < 4.78 is 0. The van der Waals surface area contributed by atoms with Gasteiger partial charge in [0, 0.05) is 37.1 Å². The van der Waals surface area contributed by atoms with E-state index in [2.05, 4.69) is 39.8 Å². The van der Waals surface area contributed by atoms with Gasteiger partial charge in [-0.3, -0.25) is 9.69 Å². The zero-order valence-electron chi connectivity index (χ0n) is 17.1. The van der Waals surface area contributed by atoms with Gasteiger partial charge in [0.15, 0.2) is 0 Å². The lowest BCUT2D eigenvalue weighted by Gasteiger charge is -2.30. The molecule has 6 heteroatoms. The fourth-order valence-corrected chi connectivity index (χ4v) is 4.99. The fraction of sp³-hybridized carbons (Fsp3) is 0.636. The number of benzene rings is 1. The van der Waals surface area contributed by atoms with Crippen LogP contribution >= 0.6 is 0 Å². The molecule has 1 heterocycles. The van der Waals surface area contributed by atoms with E-state index in [4.69, 9.17) is 5.11 Å². The zero-order chi connectivity index (χ0) is 20.3. The third-order valence-electron chi connectivity index (χ3n) is 6.30. The van der Waals surface area contributed by atoms with Gasteiger partial charge in [-0.25, -0.2) is 4.79 Å². The number of nitrogens with one attached hydrogen (secondary N) is 2. The molecule has 154 valence electrons. The second kappa shape index (κ2) is 8.52. The summed E-state index contributed by atoms with van der Waals surface area (Å²) in [4.78, 5) is 26.2. The van der Waals surface area contributed by atoms with Crippen molar-refractivity contribution < 1.29 is 14.7 Å². The summed E-state index contributed by atoms with van der Waals surface area (Å²) in [5, 5.41) is 14.6. The summed E-state index contributed by atoms with van der Waals surface area (Å²) in [6, 6.07) is 10.5. The molecular formula is C22H33N3O3. The maximum atomic E-state index is 12.9. The molecule has 0 spiro atoms. The summed E-state index contributed by atoms with van der Waals surface area (Å²) in [6.07, 6.45) is 1.63. The maximum Gasteiger partial charge on any atom is 0.404 e. The van der Waals surface area contributed by atoms with Crippen LogP contribution in [0, 0.1) is 17.3 Å². The molecule has 28 heavy (non-hydrogen) atoms. The first-order chi connectivity index (χ1) is 13.2. The predicted octanol–water partition coefficient (Wildman–Crippen LogP) is 3.09. The molecule has 0 radical (unpaired) electrons. The number of nitrogens with zero attached hydrogens (tertiary/aromatic N) is 1. The van der Waals surface area contributed by atoms with Crippen LogP contribution in [0.4, 0.5) is 4.79 Å². The van der Waals surface area contributed by atoms with Crippen LogP contribution in [0.25, 0.3) is 0 Å². The minimum atomic E-state index is -1.05. The Morgan fingerprint density at radius 2 is 1.93 bits per heavy atom. The first kappa shape index (κ1) is 20.6. The van der Waals surface area contributed by atoms with Gasteiger partial charge >= 0.3 is 6.09 Å². The van der Waals surface area contributed by atoms with Crippen molar-refractivity contribution in [3.63, 3.8) is 0 Å². The molecule has 0 bridgehead atoms. The lowest BCUT2D eigenvalue weighted by Crippen LogP contribution is -2.47. The zero-order valence-corrected chi connectivity index (χ0v) is 17.1. The molecule has 1 aromatic rings. The quantitative estimate of drug-likeness (QED) is 0.672. The van der Waals surface area contributed by atoms with E-state index >= 15 is 0 Å². The van der Waals surface area contributed by atoms with E-state index in [0.717, 1.165) is 32.5 Å². The Balaban J connectivity index is 1.53. The van der Waals surface area contributed by atoms with Crippen LogP contribution in [0.15, 0.2) is 30.3 Å². The van der Waals surface area contributed by atoms with Gasteiger partial charge in [-0.05, 0) is 43.6 Å². The third kappa shape index (κ3) is 5.04. The number of carbonyl (C=O) groups excluding carboxylic acids is 1. The summed E-state index contributed by atoms with van der Waals surface area (Å²) in [5.74, 6) is 1.20. The highest BCUT2D eigenvalue weighted by atomic mass is 16.4. The molecule has 3 rings (SSSR count). The van der Waals surface area contributed by atoms with Gasteiger partial charge in [0.05, 0.1) is 0 Å². The van der Waals surface area contributed by atoms with Crippen LogP contribution in [0.3, 0.4) is 0 Å².